The second-order valence-corrected chi connectivity index (χ2v) is 1.76. The average molecular weight is 120 g/mol. The molecule has 0 N–H and O–H groups in total. The normalized spacial score (nSPS) is 13.8. The number of fused-ring (bicyclic) bond motifs is 1. The van der Waals surface area contributed by atoms with Gasteiger partial charge in [0.2, 0.25) is 0 Å². The van der Waals surface area contributed by atoms with Gasteiger partial charge < -0.3 is 0 Å². The molecule has 0 bridgehead atoms. The van der Waals surface area contributed by atoms with Crippen LogP contribution in [-0.2, 0) is 6.54 Å². The molecule has 0 atom stereocenters. The summed E-state index contributed by atoms with van der Waals surface area (Å²) in [6.45, 7) is 0.658. The predicted molar refractivity (Wildman–Crippen MR) is 31.1 cm³/mol. The van der Waals surface area contributed by atoms with Crippen LogP contribution in [0.3, 0.4) is 0 Å². The summed E-state index contributed by atoms with van der Waals surface area (Å²) in [6.07, 6.45) is 3.13. The van der Waals surface area contributed by atoms with E-state index in [1.807, 2.05) is 0 Å². The first-order valence-corrected chi connectivity index (χ1v) is 2.63. The van der Waals surface area contributed by atoms with Crippen molar-refractivity contribution in [2.75, 3.05) is 0 Å². The standard InChI is InChI=1S/C5H4N4/c1-4-5(2-6-1)9-8-3-7-4/h2-3H,1H2. The number of hydrogen-bond acceptors (Lipinski definition) is 4. The Morgan fingerprint density at radius 2 is 2.44 bits per heavy atom. The Kier molecular flexibility index (Phi) is 0.798. The maximum atomic E-state index is 3.96. The summed E-state index contributed by atoms with van der Waals surface area (Å²) in [5, 5.41) is 7.40. The third kappa shape index (κ3) is 0.595. The van der Waals surface area contributed by atoms with Crippen LogP contribution in [0.1, 0.15) is 11.4 Å². The van der Waals surface area contributed by atoms with Crippen molar-refractivity contribution in [1.29, 1.82) is 0 Å². The molecular formula is C5H4N4. The van der Waals surface area contributed by atoms with Crippen LogP contribution in [0.2, 0.25) is 0 Å². The topological polar surface area (TPSA) is 51.0 Å². The molecule has 1 aromatic heterocycles. The van der Waals surface area contributed by atoms with E-state index in [1.165, 1.54) is 6.33 Å². The van der Waals surface area contributed by atoms with E-state index in [-0.39, 0.29) is 0 Å². The fraction of sp³-hybridized carbons (Fsp3) is 0.200. The van der Waals surface area contributed by atoms with Gasteiger partial charge in [-0.05, 0) is 0 Å². The van der Waals surface area contributed by atoms with Crippen molar-refractivity contribution in [3.8, 4) is 0 Å². The summed E-state index contributed by atoms with van der Waals surface area (Å²) in [5.41, 5.74) is 1.72. The smallest absolute Gasteiger partial charge is 0.138 e. The van der Waals surface area contributed by atoms with E-state index < -0.39 is 0 Å². The van der Waals surface area contributed by atoms with E-state index in [2.05, 4.69) is 20.2 Å². The first-order valence-electron chi connectivity index (χ1n) is 2.63. The molecule has 2 rings (SSSR count). The molecule has 0 spiro atoms. The van der Waals surface area contributed by atoms with Gasteiger partial charge in [0.25, 0.3) is 0 Å². The van der Waals surface area contributed by atoms with Crippen LogP contribution in [-0.4, -0.2) is 21.4 Å². The third-order valence-corrected chi connectivity index (χ3v) is 1.18. The van der Waals surface area contributed by atoms with Crippen LogP contribution in [0, 0.1) is 0 Å². The maximum absolute atomic E-state index is 3.96. The molecule has 0 unspecified atom stereocenters. The molecular weight excluding hydrogens is 116 g/mol. The average Bonchev–Trinajstić information content (AvgIpc) is 2.33. The zero-order valence-electron chi connectivity index (χ0n) is 4.65. The second-order valence-electron chi connectivity index (χ2n) is 1.76. The molecule has 0 radical (unpaired) electrons. The Labute approximate surface area is 51.7 Å². The minimum absolute atomic E-state index is 0.658. The minimum Gasteiger partial charge on any atom is -0.284 e. The summed E-state index contributed by atoms with van der Waals surface area (Å²) >= 11 is 0. The van der Waals surface area contributed by atoms with Crippen molar-refractivity contribution in [3.05, 3.63) is 17.7 Å². The molecule has 0 saturated carbocycles. The number of aliphatic imine (C=N–C) groups is 1. The highest BCUT2D eigenvalue weighted by atomic mass is 15.1. The van der Waals surface area contributed by atoms with Crippen molar-refractivity contribution in [3.63, 3.8) is 0 Å². The maximum Gasteiger partial charge on any atom is 0.138 e. The molecule has 1 aromatic rings. The molecule has 44 valence electrons. The molecule has 1 aliphatic heterocycles. The number of hydrogen-bond donors (Lipinski definition) is 0. The van der Waals surface area contributed by atoms with Crippen LogP contribution in [0.4, 0.5) is 0 Å². The SMILES string of the molecule is C1=NCc2ncnnc21. The zero-order chi connectivity index (χ0) is 6.10. The van der Waals surface area contributed by atoms with Crippen LogP contribution in [0.25, 0.3) is 0 Å². The van der Waals surface area contributed by atoms with Gasteiger partial charge in [0.1, 0.15) is 12.0 Å². The lowest BCUT2D eigenvalue weighted by Crippen LogP contribution is -1.94. The van der Waals surface area contributed by atoms with Gasteiger partial charge in [-0.2, -0.15) is 0 Å². The van der Waals surface area contributed by atoms with Crippen molar-refractivity contribution in [2.45, 2.75) is 6.54 Å². The number of rotatable bonds is 0. The van der Waals surface area contributed by atoms with E-state index in [0.29, 0.717) is 6.54 Å². The van der Waals surface area contributed by atoms with E-state index in [4.69, 9.17) is 0 Å². The lowest BCUT2D eigenvalue weighted by Gasteiger charge is -1.87. The Hall–Kier alpha value is -1.32. The summed E-state index contributed by atoms with van der Waals surface area (Å²) in [7, 11) is 0. The number of aromatic nitrogens is 3. The van der Waals surface area contributed by atoms with Crippen molar-refractivity contribution >= 4 is 6.21 Å². The molecule has 0 fully saturated rings. The van der Waals surface area contributed by atoms with Gasteiger partial charge in [0, 0.05) is 0 Å². The van der Waals surface area contributed by atoms with Gasteiger partial charge in [0.15, 0.2) is 0 Å². The minimum atomic E-state index is 0.658. The van der Waals surface area contributed by atoms with E-state index in [1.54, 1.807) is 6.21 Å². The van der Waals surface area contributed by atoms with Gasteiger partial charge in [-0.1, -0.05) is 0 Å². The highest BCUT2D eigenvalue weighted by Gasteiger charge is 2.06. The van der Waals surface area contributed by atoms with Crippen LogP contribution < -0.4 is 0 Å². The van der Waals surface area contributed by atoms with Crippen LogP contribution >= 0.6 is 0 Å². The fourth-order valence-corrected chi connectivity index (χ4v) is 0.748. The Morgan fingerprint density at radius 1 is 1.44 bits per heavy atom. The summed E-state index contributed by atoms with van der Waals surface area (Å²) in [4.78, 5) is 7.92. The van der Waals surface area contributed by atoms with Crippen molar-refractivity contribution in [1.82, 2.24) is 15.2 Å². The highest BCUT2D eigenvalue weighted by Crippen LogP contribution is 2.04. The molecule has 2 heterocycles. The summed E-state index contributed by atoms with van der Waals surface area (Å²) < 4.78 is 0. The monoisotopic (exact) mass is 120 g/mol. The van der Waals surface area contributed by atoms with Crippen molar-refractivity contribution < 1.29 is 0 Å². The first kappa shape index (κ1) is 4.55. The Bertz CT molecular complexity index is 255. The van der Waals surface area contributed by atoms with Crippen LogP contribution in [0.15, 0.2) is 11.3 Å². The summed E-state index contributed by atoms with van der Waals surface area (Å²) in [5.74, 6) is 0. The van der Waals surface area contributed by atoms with Gasteiger partial charge in [-0.25, -0.2) is 4.98 Å². The number of nitrogens with zero attached hydrogens (tertiary/aromatic N) is 4. The third-order valence-electron chi connectivity index (χ3n) is 1.18. The largest absolute Gasteiger partial charge is 0.284 e. The molecule has 0 aromatic carbocycles. The highest BCUT2D eigenvalue weighted by molar-refractivity contribution is 5.80. The van der Waals surface area contributed by atoms with Crippen molar-refractivity contribution in [2.24, 2.45) is 4.99 Å². The predicted octanol–water partition coefficient (Wildman–Crippen LogP) is -0.196. The molecule has 9 heavy (non-hydrogen) atoms. The second kappa shape index (κ2) is 1.58. The van der Waals surface area contributed by atoms with Gasteiger partial charge in [-0.3, -0.25) is 4.99 Å². The zero-order valence-corrected chi connectivity index (χ0v) is 4.65. The van der Waals surface area contributed by atoms with Gasteiger partial charge in [-0.15, -0.1) is 10.2 Å². The Balaban J connectivity index is 2.63. The Morgan fingerprint density at radius 3 is 3.33 bits per heavy atom. The summed E-state index contributed by atoms with van der Waals surface area (Å²) in [6, 6.07) is 0. The molecule has 4 nitrogen and oxygen atoms in total. The first-order chi connectivity index (χ1) is 4.47. The molecule has 1 aliphatic rings. The van der Waals surface area contributed by atoms with E-state index in [9.17, 15) is 0 Å². The fourth-order valence-electron chi connectivity index (χ4n) is 0.748. The van der Waals surface area contributed by atoms with Gasteiger partial charge >= 0.3 is 0 Å². The molecule has 4 heteroatoms. The lowest BCUT2D eigenvalue weighted by atomic mass is 10.4. The molecule has 0 amide bonds. The van der Waals surface area contributed by atoms with Gasteiger partial charge in [0.05, 0.1) is 18.5 Å². The van der Waals surface area contributed by atoms with Crippen LogP contribution in [0.5, 0.6) is 0 Å². The molecule has 0 aliphatic carbocycles. The molecule has 0 saturated heterocycles. The lowest BCUT2D eigenvalue weighted by molar-refractivity contribution is 0.903. The quantitative estimate of drug-likeness (QED) is 0.476. The van der Waals surface area contributed by atoms with E-state index in [0.717, 1.165) is 11.4 Å². The van der Waals surface area contributed by atoms with E-state index >= 15 is 0 Å².